The van der Waals surface area contributed by atoms with Crippen LogP contribution < -0.4 is 15.4 Å². The molecule has 2 amide bonds. The molecule has 1 aromatic heterocycles. The smallest absolute Gasteiger partial charge is 0.257 e. The van der Waals surface area contributed by atoms with E-state index in [0.717, 1.165) is 17.8 Å². The number of nitrogens with zero attached hydrogens (tertiary/aromatic N) is 2. The number of amides is 2. The summed E-state index contributed by atoms with van der Waals surface area (Å²) in [5.74, 6) is -1.16. The topological polar surface area (TPSA) is 93.2 Å². The second-order valence-electron chi connectivity index (χ2n) is 5.96. The fourth-order valence-electron chi connectivity index (χ4n) is 2.40. The monoisotopic (exact) mass is 434 g/mol. The molecule has 2 aromatic carbocycles. The lowest BCUT2D eigenvalue weighted by atomic mass is 10.1. The Bertz CT molecular complexity index is 1070. The highest BCUT2D eigenvalue weighted by Crippen LogP contribution is 2.20. The van der Waals surface area contributed by atoms with E-state index in [-0.39, 0.29) is 29.8 Å². The zero-order valence-corrected chi connectivity index (χ0v) is 16.6. The van der Waals surface area contributed by atoms with Gasteiger partial charge in [-0.25, -0.2) is 4.39 Å². The van der Waals surface area contributed by atoms with Crippen LogP contribution in [0.15, 0.2) is 48.7 Å². The van der Waals surface area contributed by atoms with Gasteiger partial charge >= 0.3 is 0 Å². The van der Waals surface area contributed by atoms with Crippen LogP contribution in [0.25, 0.3) is 11.0 Å². The lowest BCUT2D eigenvalue weighted by molar-refractivity contribution is -0.123. The van der Waals surface area contributed by atoms with Crippen LogP contribution in [-0.2, 0) is 4.79 Å². The molecule has 0 fully saturated rings. The van der Waals surface area contributed by atoms with Crippen molar-refractivity contribution in [2.24, 2.45) is 0 Å². The highest BCUT2D eigenvalue weighted by Gasteiger charge is 2.13. The van der Waals surface area contributed by atoms with Gasteiger partial charge < -0.3 is 15.4 Å². The van der Waals surface area contributed by atoms with Crippen molar-refractivity contribution in [3.05, 3.63) is 65.1 Å². The summed E-state index contributed by atoms with van der Waals surface area (Å²) in [6, 6.07) is 9.08. The minimum atomic E-state index is -0.624. The molecule has 0 spiro atoms. The molecule has 3 rings (SSSR count). The molecule has 0 atom stereocenters. The molecule has 29 heavy (non-hydrogen) atoms. The molecule has 0 saturated heterocycles. The molecule has 0 saturated carbocycles. The summed E-state index contributed by atoms with van der Waals surface area (Å²) in [5, 5.41) is 5.30. The number of carbonyl (C=O) groups is 2. The predicted molar refractivity (Wildman–Crippen MR) is 109 cm³/mol. The third-order valence-corrected chi connectivity index (χ3v) is 4.68. The van der Waals surface area contributed by atoms with E-state index >= 15 is 0 Å². The van der Waals surface area contributed by atoms with Crippen LogP contribution in [0.5, 0.6) is 5.75 Å². The number of aromatic nitrogens is 2. The fourth-order valence-corrected chi connectivity index (χ4v) is 3.07. The van der Waals surface area contributed by atoms with Gasteiger partial charge in [-0.3, -0.25) is 9.59 Å². The van der Waals surface area contributed by atoms with Crippen molar-refractivity contribution in [3.8, 4) is 5.75 Å². The lowest BCUT2D eigenvalue weighted by Gasteiger charge is -2.10. The van der Waals surface area contributed by atoms with Gasteiger partial charge in [0.25, 0.3) is 11.8 Å². The summed E-state index contributed by atoms with van der Waals surface area (Å²) in [4.78, 5) is 24.2. The van der Waals surface area contributed by atoms with Gasteiger partial charge in [0.15, 0.2) is 6.61 Å². The van der Waals surface area contributed by atoms with Crippen LogP contribution in [0.2, 0.25) is 5.02 Å². The van der Waals surface area contributed by atoms with Crippen molar-refractivity contribution in [1.29, 1.82) is 0 Å². The molecule has 3 aromatic rings. The molecule has 10 heteroatoms. The average molecular weight is 435 g/mol. The first-order valence-corrected chi connectivity index (χ1v) is 9.60. The van der Waals surface area contributed by atoms with Gasteiger partial charge in [0.2, 0.25) is 0 Å². The molecule has 150 valence electrons. The second kappa shape index (κ2) is 9.44. The summed E-state index contributed by atoms with van der Waals surface area (Å²) in [7, 11) is 0. The molecule has 0 aliphatic rings. The van der Waals surface area contributed by atoms with Gasteiger partial charge in [-0.05, 0) is 24.3 Å². The van der Waals surface area contributed by atoms with Crippen molar-refractivity contribution in [1.82, 2.24) is 19.4 Å². The van der Waals surface area contributed by atoms with Crippen molar-refractivity contribution in [3.63, 3.8) is 0 Å². The first-order valence-electron chi connectivity index (χ1n) is 8.49. The van der Waals surface area contributed by atoms with E-state index in [1.165, 1.54) is 12.1 Å². The fraction of sp³-hybridized carbons (Fsp3) is 0.158. The molecule has 1 heterocycles. The Morgan fingerprint density at radius 2 is 2.07 bits per heavy atom. The Morgan fingerprint density at radius 1 is 1.24 bits per heavy atom. The number of rotatable bonds is 8. The molecular weight excluding hydrogens is 419 g/mol. The Hall–Kier alpha value is -3.04. The third-order valence-electron chi connectivity index (χ3n) is 3.83. The molecule has 0 bridgehead atoms. The van der Waals surface area contributed by atoms with Crippen molar-refractivity contribution < 1.29 is 18.7 Å². The summed E-state index contributed by atoms with van der Waals surface area (Å²) in [6.07, 6.45) is 0.332. The van der Waals surface area contributed by atoms with Crippen LogP contribution >= 0.6 is 23.3 Å². The van der Waals surface area contributed by atoms with Gasteiger partial charge in [0.1, 0.15) is 22.6 Å². The van der Waals surface area contributed by atoms with Crippen LogP contribution in [-0.4, -0.2) is 33.7 Å². The minimum Gasteiger partial charge on any atom is -0.484 e. The number of hydrogen-bond acceptors (Lipinski definition) is 6. The number of halogens is 2. The second-order valence-corrected chi connectivity index (χ2v) is 6.90. The Kier molecular flexibility index (Phi) is 6.73. The molecule has 0 radical (unpaired) electrons. The van der Waals surface area contributed by atoms with E-state index in [0.29, 0.717) is 28.7 Å². The lowest BCUT2D eigenvalue weighted by Crippen LogP contribution is -2.31. The zero-order valence-electron chi connectivity index (χ0n) is 15.1. The third kappa shape index (κ3) is 5.49. The molecule has 7 nitrogen and oxygen atoms in total. The number of ether oxygens (including phenoxy) is 1. The number of benzene rings is 2. The Balaban J connectivity index is 1.41. The van der Waals surface area contributed by atoms with Gasteiger partial charge in [0.05, 0.1) is 22.3 Å². The maximum Gasteiger partial charge on any atom is 0.257 e. The van der Waals surface area contributed by atoms with E-state index in [2.05, 4.69) is 26.0 Å². The highest BCUT2D eigenvalue weighted by molar-refractivity contribution is 7.00. The normalized spacial score (nSPS) is 10.6. The quantitative estimate of drug-likeness (QED) is 0.567. The Labute approximate surface area is 174 Å². The van der Waals surface area contributed by atoms with E-state index in [9.17, 15) is 14.0 Å². The predicted octanol–water partition coefficient (Wildman–Crippen LogP) is 3.31. The minimum absolute atomic E-state index is 0.0235. The molecule has 0 aliphatic carbocycles. The van der Waals surface area contributed by atoms with Crippen molar-refractivity contribution in [2.75, 3.05) is 13.2 Å². The van der Waals surface area contributed by atoms with Gasteiger partial charge in [-0.15, -0.1) is 0 Å². The number of hydrogen-bond donors (Lipinski definition) is 2. The first kappa shape index (κ1) is 20.7. The molecular formula is C19H16ClFN4O3S. The van der Waals surface area contributed by atoms with Gasteiger partial charge in [-0.1, -0.05) is 24.2 Å². The number of nitrogens with one attached hydrogen (secondary N) is 2. The molecule has 2 N–H and O–H groups in total. The summed E-state index contributed by atoms with van der Waals surface area (Å²) in [6.45, 7) is 3.76. The molecule has 0 unspecified atom stereocenters. The SMILES string of the molecule is C=C(CCNC(=O)COc1ccc(Cl)c(F)c1)NC(=O)c1cccc2nsnc12. The van der Waals surface area contributed by atoms with Crippen LogP contribution in [0.4, 0.5) is 4.39 Å². The largest absolute Gasteiger partial charge is 0.484 e. The summed E-state index contributed by atoms with van der Waals surface area (Å²) >= 11 is 6.62. The Morgan fingerprint density at radius 3 is 2.86 bits per heavy atom. The maximum absolute atomic E-state index is 13.3. The van der Waals surface area contributed by atoms with E-state index < -0.39 is 11.7 Å². The summed E-state index contributed by atoms with van der Waals surface area (Å²) in [5.41, 5.74) is 2.04. The van der Waals surface area contributed by atoms with Gasteiger partial charge in [0, 0.05) is 24.7 Å². The number of fused-ring (bicyclic) bond motifs is 1. The van der Waals surface area contributed by atoms with Crippen LogP contribution in [0.3, 0.4) is 0 Å². The maximum atomic E-state index is 13.3. The van der Waals surface area contributed by atoms with Crippen molar-refractivity contribution >= 4 is 46.2 Å². The zero-order chi connectivity index (χ0) is 20.8. The molecule has 0 aliphatic heterocycles. The first-order chi connectivity index (χ1) is 13.9. The van der Waals surface area contributed by atoms with Crippen LogP contribution in [0, 0.1) is 5.82 Å². The van der Waals surface area contributed by atoms with Crippen LogP contribution in [0.1, 0.15) is 16.8 Å². The van der Waals surface area contributed by atoms with E-state index in [1.807, 2.05) is 0 Å². The van der Waals surface area contributed by atoms with Gasteiger partial charge in [-0.2, -0.15) is 8.75 Å². The average Bonchev–Trinajstić information content (AvgIpc) is 3.17. The van der Waals surface area contributed by atoms with Crippen molar-refractivity contribution in [2.45, 2.75) is 6.42 Å². The van der Waals surface area contributed by atoms with E-state index in [1.54, 1.807) is 18.2 Å². The number of carbonyl (C=O) groups excluding carboxylic acids is 2. The summed E-state index contributed by atoms with van der Waals surface area (Å²) < 4.78 is 26.8. The standard InChI is InChI=1S/C19H16ClFN4O3S/c1-11(23-19(27)13-3-2-4-16-18(13)25-29-24-16)7-8-22-17(26)10-28-12-5-6-14(20)15(21)9-12/h2-6,9H,1,7-8,10H2,(H,22,26)(H,23,27). The van der Waals surface area contributed by atoms with E-state index in [4.69, 9.17) is 16.3 Å². The highest BCUT2D eigenvalue weighted by atomic mass is 35.5.